The first-order chi connectivity index (χ1) is 19.1. The monoisotopic (exact) mass is 582 g/mol. The van der Waals surface area contributed by atoms with Crippen LogP contribution in [0.3, 0.4) is 0 Å². The van der Waals surface area contributed by atoms with Crippen molar-refractivity contribution in [1.29, 1.82) is 0 Å². The van der Waals surface area contributed by atoms with Gasteiger partial charge in [0.05, 0.1) is 31.2 Å². The lowest BCUT2D eigenvalue weighted by Crippen LogP contribution is -2.30. The number of fused-ring (bicyclic) bond motifs is 1. The molecule has 2 fully saturated rings. The molecule has 17 nitrogen and oxygen atoms in total. The minimum atomic E-state index is -4.59. The zero-order valence-electron chi connectivity index (χ0n) is 22.1. The maximum absolute atomic E-state index is 13.0. The summed E-state index contributed by atoms with van der Waals surface area (Å²) in [4.78, 5) is 53.5. The fourth-order valence-corrected chi connectivity index (χ4v) is 5.88. The number of rotatable bonds is 10. The highest BCUT2D eigenvalue weighted by molar-refractivity contribution is 7.47. The second-order valence-electron chi connectivity index (χ2n) is 9.42. The van der Waals surface area contributed by atoms with Crippen molar-refractivity contribution in [2.75, 3.05) is 18.9 Å². The molecule has 1 unspecified atom stereocenters. The van der Waals surface area contributed by atoms with Gasteiger partial charge in [-0.05, 0) is 20.3 Å². The van der Waals surface area contributed by atoms with Crippen molar-refractivity contribution in [3.8, 4) is 0 Å². The molecular formula is C22H31N8O9P. The Morgan fingerprint density at radius 2 is 1.80 bits per heavy atom. The largest absolute Gasteiger partial charge is 0.472 e. The van der Waals surface area contributed by atoms with Crippen LogP contribution in [0.15, 0.2) is 22.2 Å². The standard InChI is InChI=1S/C22H31N8O9P/c1-4-12-14(7-16(37-12)29-9-24-18-19(29)26-11(3)27-20(18)31)39-40(33,34)36-8-15-13(35-5-2)6-17(38-15)30-10-25-21(23)28-22(30)32/h9-10,12-17H,4-8H2,1-3H3,(H,33,34)(H2,23,28,32)(H,26,27,31)/t12-,13-,14-,15-,16-,17-/m1/s1. The third kappa shape index (κ3) is 5.85. The summed E-state index contributed by atoms with van der Waals surface area (Å²) >= 11 is 0. The number of aromatic nitrogens is 7. The fraction of sp³-hybridized carbons (Fsp3) is 0.636. The van der Waals surface area contributed by atoms with Crippen molar-refractivity contribution in [3.63, 3.8) is 0 Å². The Morgan fingerprint density at radius 3 is 2.52 bits per heavy atom. The Bertz CT molecular complexity index is 1530. The molecule has 2 aliphatic rings. The molecule has 3 aromatic heterocycles. The molecule has 2 aliphatic heterocycles. The number of nitrogens with two attached hydrogens (primary N) is 1. The smallest absolute Gasteiger partial charge is 0.376 e. The van der Waals surface area contributed by atoms with Gasteiger partial charge in [0, 0.05) is 19.4 Å². The highest BCUT2D eigenvalue weighted by atomic mass is 31.2. The van der Waals surface area contributed by atoms with Crippen molar-refractivity contribution in [3.05, 3.63) is 39.3 Å². The van der Waals surface area contributed by atoms with E-state index in [1.165, 1.54) is 17.2 Å². The van der Waals surface area contributed by atoms with Crippen LogP contribution in [0.2, 0.25) is 0 Å². The van der Waals surface area contributed by atoms with Crippen LogP contribution in [-0.2, 0) is 27.8 Å². The van der Waals surface area contributed by atoms with E-state index in [9.17, 15) is 19.0 Å². The molecule has 5 rings (SSSR count). The number of H-pyrrole nitrogens is 1. The van der Waals surface area contributed by atoms with Gasteiger partial charge in [0.1, 0.15) is 30.7 Å². The first-order valence-electron chi connectivity index (χ1n) is 12.8. The SMILES string of the molecule is CCO[C@@H]1C[C@H](n2cnc(N)nc2=O)O[C@@H]1COP(=O)(O)O[C@@H]1C[C@H](n2cnc3c(=O)[nH]c(C)nc32)O[C@@H]1CC. The molecule has 5 heterocycles. The van der Waals surface area contributed by atoms with Crippen LogP contribution in [-0.4, -0.2) is 76.6 Å². The predicted molar refractivity (Wildman–Crippen MR) is 137 cm³/mol. The van der Waals surface area contributed by atoms with E-state index in [1.807, 2.05) is 6.92 Å². The normalized spacial score (nSPS) is 28.3. The number of aromatic amines is 1. The van der Waals surface area contributed by atoms with E-state index in [1.54, 1.807) is 18.4 Å². The van der Waals surface area contributed by atoms with Gasteiger partial charge in [0.15, 0.2) is 11.2 Å². The van der Waals surface area contributed by atoms with Crippen LogP contribution in [0, 0.1) is 6.92 Å². The number of ether oxygens (including phenoxy) is 3. The molecule has 0 spiro atoms. The molecule has 0 bridgehead atoms. The zero-order valence-corrected chi connectivity index (χ0v) is 23.0. The molecular weight excluding hydrogens is 551 g/mol. The molecule has 4 N–H and O–H groups in total. The van der Waals surface area contributed by atoms with Crippen LogP contribution in [0.25, 0.3) is 11.2 Å². The second kappa shape index (κ2) is 11.4. The summed E-state index contributed by atoms with van der Waals surface area (Å²) in [5, 5.41) is 0. The van der Waals surface area contributed by atoms with Crippen molar-refractivity contribution >= 4 is 24.9 Å². The van der Waals surface area contributed by atoms with E-state index in [4.69, 9.17) is 29.0 Å². The van der Waals surface area contributed by atoms with Gasteiger partial charge in [-0.25, -0.2) is 24.3 Å². The maximum Gasteiger partial charge on any atom is 0.472 e. The molecule has 3 aromatic rings. The molecule has 18 heteroatoms. The Morgan fingerprint density at radius 1 is 1.10 bits per heavy atom. The molecule has 40 heavy (non-hydrogen) atoms. The number of hydrogen-bond acceptors (Lipinski definition) is 13. The van der Waals surface area contributed by atoms with Crippen LogP contribution < -0.4 is 17.0 Å². The summed E-state index contributed by atoms with van der Waals surface area (Å²) in [5.74, 6) is 0.254. The number of anilines is 1. The van der Waals surface area contributed by atoms with Crippen LogP contribution >= 0.6 is 7.82 Å². The predicted octanol–water partition coefficient (Wildman–Crippen LogP) is 0.554. The number of aryl methyl sites for hydroxylation is 1. The van der Waals surface area contributed by atoms with Crippen LogP contribution in [0.5, 0.6) is 0 Å². The van der Waals surface area contributed by atoms with Gasteiger partial charge >= 0.3 is 13.5 Å². The number of nitrogen functional groups attached to an aromatic ring is 1. The van der Waals surface area contributed by atoms with E-state index in [2.05, 4.69) is 24.9 Å². The van der Waals surface area contributed by atoms with Crippen LogP contribution in [0.4, 0.5) is 5.95 Å². The zero-order chi connectivity index (χ0) is 28.6. The molecule has 0 aromatic carbocycles. The number of phosphoric ester groups is 1. The lowest BCUT2D eigenvalue weighted by Gasteiger charge is -2.23. The van der Waals surface area contributed by atoms with Gasteiger partial charge in [-0.15, -0.1) is 0 Å². The summed E-state index contributed by atoms with van der Waals surface area (Å²) in [7, 11) is -4.59. The van der Waals surface area contributed by atoms with Crippen LogP contribution in [0.1, 0.15) is 51.4 Å². The third-order valence-corrected chi connectivity index (χ3v) is 7.74. The Labute approximate surface area is 227 Å². The lowest BCUT2D eigenvalue weighted by molar-refractivity contribution is -0.0637. The average molecular weight is 583 g/mol. The first kappa shape index (κ1) is 28.5. The summed E-state index contributed by atoms with van der Waals surface area (Å²) in [6, 6.07) is 0. The van der Waals surface area contributed by atoms with Gasteiger partial charge < -0.3 is 29.8 Å². The van der Waals surface area contributed by atoms with E-state index >= 15 is 0 Å². The summed E-state index contributed by atoms with van der Waals surface area (Å²) < 4.78 is 44.3. The van der Waals surface area contributed by atoms with Crippen molar-refractivity contribution < 1.29 is 32.7 Å². The quantitative estimate of drug-likeness (QED) is 0.278. The Balaban J connectivity index is 1.25. The highest BCUT2D eigenvalue weighted by Crippen LogP contribution is 2.49. The molecule has 0 aliphatic carbocycles. The maximum atomic E-state index is 13.0. The molecule has 218 valence electrons. The van der Waals surface area contributed by atoms with Crippen molar-refractivity contribution in [1.82, 2.24) is 34.1 Å². The third-order valence-electron chi connectivity index (χ3n) is 6.73. The number of nitrogens with one attached hydrogen (secondary N) is 1. The first-order valence-corrected chi connectivity index (χ1v) is 14.3. The number of phosphoric acid groups is 1. The molecule has 0 amide bonds. The minimum absolute atomic E-state index is 0.161. The lowest BCUT2D eigenvalue weighted by atomic mass is 10.1. The summed E-state index contributed by atoms with van der Waals surface area (Å²) in [6.07, 6.45) is -0.443. The fourth-order valence-electron chi connectivity index (χ4n) is 4.92. The van der Waals surface area contributed by atoms with Gasteiger partial charge in [-0.2, -0.15) is 4.98 Å². The van der Waals surface area contributed by atoms with Gasteiger partial charge in [-0.3, -0.25) is 23.0 Å². The second-order valence-corrected chi connectivity index (χ2v) is 10.8. The van der Waals surface area contributed by atoms with E-state index in [0.717, 1.165) is 0 Å². The van der Waals surface area contributed by atoms with Gasteiger partial charge in [0.25, 0.3) is 5.56 Å². The molecule has 2 saturated heterocycles. The van der Waals surface area contributed by atoms with E-state index < -0.39 is 50.4 Å². The number of hydrogen-bond donors (Lipinski definition) is 3. The Kier molecular flexibility index (Phi) is 8.15. The number of imidazole rings is 1. The average Bonchev–Trinajstić information content (AvgIpc) is 3.59. The summed E-state index contributed by atoms with van der Waals surface area (Å²) in [6.45, 7) is 5.31. The molecule has 0 saturated carbocycles. The molecule has 0 radical (unpaired) electrons. The topological polar surface area (TPSA) is 221 Å². The van der Waals surface area contributed by atoms with Gasteiger partial charge in [0.2, 0.25) is 5.95 Å². The minimum Gasteiger partial charge on any atom is -0.376 e. The summed E-state index contributed by atoms with van der Waals surface area (Å²) in [5.41, 5.74) is 4.94. The van der Waals surface area contributed by atoms with Crippen molar-refractivity contribution in [2.45, 2.75) is 76.9 Å². The van der Waals surface area contributed by atoms with Crippen molar-refractivity contribution in [2.24, 2.45) is 0 Å². The Hall–Kier alpha value is -3.05. The van der Waals surface area contributed by atoms with Gasteiger partial charge in [-0.1, -0.05) is 6.92 Å². The number of nitrogens with zero attached hydrogens (tertiary/aromatic N) is 6. The van der Waals surface area contributed by atoms with E-state index in [-0.39, 0.29) is 36.5 Å². The molecule has 7 atom stereocenters. The van der Waals surface area contributed by atoms with E-state index in [0.29, 0.717) is 24.5 Å². The highest BCUT2D eigenvalue weighted by Gasteiger charge is 2.43.